The standard InChI is InChI=1S/C29H36O7.CH2NP/c1-32-27(36-23-22-35-21-20-34-19-18-30)29(31,33-2)28(24-12-6-3-7-13-24,25-14-8-4-9-15-25)26-16-10-5-11-17-26;2-1-3/h3-17,27,30-31H,18-23H2,1-2H3;3H2. The van der Waals surface area contributed by atoms with E-state index in [2.05, 4.69) is 0 Å². The quantitative estimate of drug-likeness (QED) is 0.119. The Morgan fingerprint density at radius 2 is 1.13 bits per heavy atom. The first-order chi connectivity index (χ1) is 19.1. The molecule has 0 amide bonds. The number of hydrogen-bond donors (Lipinski definition) is 2. The number of hydrogen-bond acceptors (Lipinski definition) is 8. The van der Waals surface area contributed by atoms with Gasteiger partial charge in [0.05, 0.1) is 45.5 Å². The van der Waals surface area contributed by atoms with Gasteiger partial charge in [-0.2, -0.15) is 5.26 Å². The first kappa shape index (κ1) is 32.5. The molecule has 0 aliphatic rings. The third-order valence-electron chi connectivity index (χ3n) is 6.11. The van der Waals surface area contributed by atoms with Crippen molar-refractivity contribution in [2.24, 2.45) is 0 Å². The van der Waals surface area contributed by atoms with Crippen LogP contribution in [0, 0.1) is 11.1 Å². The van der Waals surface area contributed by atoms with Crippen LogP contribution >= 0.6 is 9.24 Å². The van der Waals surface area contributed by atoms with Gasteiger partial charge in [0.2, 0.25) is 12.1 Å². The third kappa shape index (κ3) is 8.15. The summed E-state index contributed by atoms with van der Waals surface area (Å²) in [4.78, 5) is 0. The molecule has 0 bridgehead atoms. The number of benzene rings is 3. The van der Waals surface area contributed by atoms with E-state index in [1.807, 2.05) is 100 Å². The average molecular weight is 556 g/mol. The topological polar surface area (TPSA) is 110 Å². The van der Waals surface area contributed by atoms with Crippen LogP contribution in [0.2, 0.25) is 0 Å². The molecular formula is C30H38NO7P. The number of nitrogens with zero attached hydrogens (tertiary/aromatic N) is 1. The van der Waals surface area contributed by atoms with E-state index in [9.17, 15) is 5.11 Å². The smallest absolute Gasteiger partial charge is 0.236 e. The SMILES string of the molecule is COC(OCCOCCOCCO)C(O)(OC)C(c1ccccc1)(c1ccccc1)c1ccccc1.N#CP. The molecule has 9 heteroatoms. The van der Waals surface area contributed by atoms with Crippen LogP contribution < -0.4 is 0 Å². The Kier molecular flexibility index (Phi) is 14.8. The van der Waals surface area contributed by atoms with Gasteiger partial charge in [-0.25, -0.2) is 0 Å². The monoisotopic (exact) mass is 555 g/mol. The fourth-order valence-corrected chi connectivity index (χ4v) is 4.55. The lowest BCUT2D eigenvalue weighted by Gasteiger charge is -2.49. The fourth-order valence-electron chi connectivity index (χ4n) is 4.55. The van der Waals surface area contributed by atoms with Crippen LogP contribution in [0.4, 0.5) is 0 Å². The maximum Gasteiger partial charge on any atom is 0.236 e. The highest BCUT2D eigenvalue weighted by atomic mass is 31.0. The lowest BCUT2D eigenvalue weighted by atomic mass is 9.63. The second kappa shape index (κ2) is 17.8. The molecule has 0 spiro atoms. The van der Waals surface area contributed by atoms with Crippen LogP contribution in [-0.2, 0) is 29.1 Å². The summed E-state index contributed by atoms with van der Waals surface area (Å²) in [5.41, 5.74) is 1.24. The van der Waals surface area contributed by atoms with Crippen molar-refractivity contribution in [1.29, 1.82) is 5.26 Å². The van der Waals surface area contributed by atoms with Gasteiger partial charge in [0.15, 0.2) is 0 Å². The Morgan fingerprint density at radius 1 is 0.744 bits per heavy atom. The van der Waals surface area contributed by atoms with E-state index in [-0.39, 0.29) is 26.4 Å². The van der Waals surface area contributed by atoms with Gasteiger partial charge >= 0.3 is 0 Å². The summed E-state index contributed by atoms with van der Waals surface area (Å²) < 4.78 is 28.5. The minimum absolute atomic E-state index is 0.0276. The lowest BCUT2D eigenvalue weighted by molar-refractivity contribution is -0.341. The molecule has 0 aliphatic heterocycles. The van der Waals surface area contributed by atoms with Gasteiger partial charge in [0, 0.05) is 14.2 Å². The van der Waals surface area contributed by atoms with Crippen LogP contribution in [0.5, 0.6) is 0 Å². The van der Waals surface area contributed by atoms with E-state index in [1.54, 1.807) is 5.81 Å². The highest BCUT2D eigenvalue weighted by Crippen LogP contribution is 2.50. The summed E-state index contributed by atoms with van der Waals surface area (Å²) in [6.07, 6.45) is -1.17. The normalized spacial score (nSPS) is 13.4. The number of rotatable bonds is 16. The predicted octanol–water partition coefficient (Wildman–Crippen LogP) is 3.71. The summed E-state index contributed by atoms with van der Waals surface area (Å²) in [7, 11) is 4.81. The van der Waals surface area contributed by atoms with Crippen molar-refractivity contribution in [3.8, 4) is 5.81 Å². The van der Waals surface area contributed by atoms with E-state index in [4.69, 9.17) is 34.1 Å². The molecule has 3 aromatic rings. The molecule has 0 radical (unpaired) electrons. The zero-order chi connectivity index (χ0) is 28.4. The molecule has 0 saturated heterocycles. The van der Waals surface area contributed by atoms with Gasteiger partial charge in [0.1, 0.15) is 5.41 Å². The highest BCUT2D eigenvalue weighted by Gasteiger charge is 2.60. The Hall–Kier alpha value is -2.70. The van der Waals surface area contributed by atoms with Crippen molar-refractivity contribution in [3.63, 3.8) is 0 Å². The van der Waals surface area contributed by atoms with Crippen LogP contribution in [0.1, 0.15) is 16.7 Å². The summed E-state index contributed by atoms with van der Waals surface area (Å²) in [6.45, 7) is 1.38. The number of aliphatic hydroxyl groups excluding tert-OH is 1. The van der Waals surface area contributed by atoms with Crippen LogP contribution in [0.15, 0.2) is 91.0 Å². The number of aliphatic hydroxyl groups is 2. The molecule has 0 heterocycles. The molecule has 0 saturated carbocycles. The van der Waals surface area contributed by atoms with Crippen LogP contribution in [-0.4, -0.2) is 76.2 Å². The van der Waals surface area contributed by atoms with Crippen molar-refractivity contribution in [3.05, 3.63) is 108 Å². The van der Waals surface area contributed by atoms with Crippen LogP contribution in [0.3, 0.4) is 0 Å². The van der Waals surface area contributed by atoms with Gasteiger partial charge in [0.25, 0.3) is 0 Å². The molecular weight excluding hydrogens is 517 g/mol. The van der Waals surface area contributed by atoms with Gasteiger partial charge in [-0.1, -0.05) is 91.0 Å². The van der Waals surface area contributed by atoms with Crippen LogP contribution in [0.25, 0.3) is 0 Å². The molecule has 3 aromatic carbocycles. The first-order valence-electron chi connectivity index (χ1n) is 12.5. The molecule has 0 fully saturated rings. The maximum atomic E-state index is 12.5. The number of methoxy groups -OCH3 is 2. The molecule has 8 nitrogen and oxygen atoms in total. The zero-order valence-electron chi connectivity index (χ0n) is 22.4. The van der Waals surface area contributed by atoms with E-state index in [0.29, 0.717) is 13.2 Å². The maximum absolute atomic E-state index is 12.5. The number of nitriles is 1. The van der Waals surface area contributed by atoms with Crippen molar-refractivity contribution in [1.82, 2.24) is 0 Å². The van der Waals surface area contributed by atoms with E-state index < -0.39 is 17.5 Å². The van der Waals surface area contributed by atoms with Crippen molar-refractivity contribution in [2.75, 3.05) is 53.9 Å². The molecule has 3 atom stereocenters. The van der Waals surface area contributed by atoms with Gasteiger partial charge in [-0.15, -0.1) is 0 Å². The van der Waals surface area contributed by atoms with Crippen molar-refractivity contribution in [2.45, 2.75) is 17.5 Å². The van der Waals surface area contributed by atoms with Gasteiger partial charge in [-0.3, -0.25) is 0 Å². The first-order valence-corrected chi connectivity index (χ1v) is 13.1. The highest BCUT2D eigenvalue weighted by molar-refractivity contribution is 7.23. The number of ether oxygens (including phenoxy) is 5. The minimum atomic E-state index is -1.98. The predicted molar refractivity (Wildman–Crippen MR) is 152 cm³/mol. The summed E-state index contributed by atoms with van der Waals surface area (Å²) in [5, 5.41) is 28.5. The third-order valence-corrected chi connectivity index (χ3v) is 6.11. The molecule has 39 heavy (non-hydrogen) atoms. The van der Waals surface area contributed by atoms with Gasteiger partial charge < -0.3 is 33.9 Å². The Morgan fingerprint density at radius 3 is 1.49 bits per heavy atom. The average Bonchev–Trinajstić information content (AvgIpc) is 2.99. The Bertz CT molecular complexity index is 986. The molecule has 3 unspecified atom stereocenters. The minimum Gasteiger partial charge on any atom is -0.394 e. The second-order valence-electron chi connectivity index (χ2n) is 8.26. The fraction of sp³-hybridized carbons (Fsp3) is 0.367. The zero-order valence-corrected chi connectivity index (χ0v) is 23.6. The second-order valence-corrected chi connectivity index (χ2v) is 8.52. The van der Waals surface area contributed by atoms with E-state index in [0.717, 1.165) is 16.7 Å². The van der Waals surface area contributed by atoms with Crippen molar-refractivity contribution >= 4 is 9.24 Å². The van der Waals surface area contributed by atoms with E-state index in [1.165, 1.54) is 14.2 Å². The van der Waals surface area contributed by atoms with E-state index >= 15 is 0 Å². The molecule has 210 valence electrons. The summed E-state index contributed by atoms with van der Waals surface area (Å²) in [6, 6.07) is 29.2. The molecule has 2 N–H and O–H groups in total. The summed E-state index contributed by atoms with van der Waals surface area (Å²) in [5.74, 6) is -0.309. The van der Waals surface area contributed by atoms with Crippen molar-refractivity contribution < 1.29 is 33.9 Å². The molecule has 0 aliphatic carbocycles. The lowest BCUT2D eigenvalue weighted by Crippen LogP contribution is -2.63. The largest absolute Gasteiger partial charge is 0.394 e. The Labute approximate surface area is 233 Å². The molecule has 3 rings (SSSR count). The Balaban J connectivity index is 0.00000170. The van der Waals surface area contributed by atoms with Gasteiger partial charge in [-0.05, 0) is 25.9 Å². The molecule has 0 aromatic heterocycles. The summed E-state index contributed by atoms with van der Waals surface area (Å²) >= 11 is 0.